The molecule has 2 aliphatic rings. The Morgan fingerprint density at radius 3 is 0.756 bits per heavy atom. The Kier molecular flexibility index (Phi) is 17.5. The molecule has 0 spiro atoms. The molecule has 6 aromatic rings. The van der Waals surface area contributed by atoms with Gasteiger partial charge in [0.1, 0.15) is 16.1 Å². The van der Waals surface area contributed by atoms with Gasteiger partial charge in [0.25, 0.3) is 23.6 Å². The molecule has 0 N–H and O–H groups in total. The minimum Gasteiger partial charge on any atom is -0.268 e. The molecule has 6 nitrogen and oxygen atoms in total. The smallest absolute Gasteiger partial charge is 0.266 e. The number of anilines is 2. The molecular weight excluding hydrogens is 1040 g/mol. The molecule has 6 aromatic carbocycles. The number of amides is 4. The van der Waals surface area contributed by atoms with Gasteiger partial charge < -0.3 is 0 Å². The number of carbonyl (C=O) groups is 4. The summed E-state index contributed by atoms with van der Waals surface area (Å²) in [6.07, 6.45) is 0. The molecule has 422 valence electrons. The lowest BCUT2D eigenvalue weighted by Crippen LogP contribution is -2.43. The van der Waals surface area contributed by atoms with Gasteiger partial charge >= 0.3 is 0 Å². The second-order valence-corrected chi connectivity index (χ2v) is 37.2. The Balaban J connectivity index is 1.37. The SMILES string of the molecule is CC(C)c1cccc(C(C)C)c1N1C(=O)c2ccc(C#CC#Cc3ccc4c5c(ccc(C#C[Si](C(C)C)(C(C)C)C(C)C)c35)C(=O)N(c3c(C(C)C)cccc3C(C)C)C4=O)c3c(C#C[Si](C(C)C)(C(C)C)C(C)C)ccc(c23)C1=O. The third-order valence-corrected chi connectivity index (χ3v) is 30.8. The zero-order chi connectivity index (χ0) is 60.2. The molecule has 0 bridgehead atoms. The van der Waals surface area contributed by atoms with Crippen LogP contribution in [0.25, 0.3) is 21.5 Å². The number of imide groups is 2. The molecule has 82 heavy (non-hydrogen) atoms. The lowest BCUT2D eigenvalue weighted by atomic mass is 9.86. The Labute approximate surface area is 492 Å². The van der Waals surface area contributed by atoms with Crippen molar-refractivity contribution in [1.82, 2.24) is 0 Å². The first kappa shape index (κ1) is 60.9. The van der Waals surface area contributed by atoms with Gasteiger partial charge in [0.05, 0.1) is 11.4 Å². The van der Waals surface area contributed by atoms with Crippen LogP contribution in [0.1, 0.15) is 248 Å². The van der Waals surface area contributed by atoms with Crippen LogP contribution in [0.3, 0.4) is 0 Å². The van der Waals surface area contributed by atoms with E-state index in [4.69, 9.17) is 0 Å². The van der Waals surface area contributed by atoms with E-state index in [0.29, 0.717) is 111 Å². The Bertz CT molecular complexity index is 3480. The van der Waals surface area contributed by atoms with E-state index in [0.717, 1.165) is 22.3 Å². The van der Waals surface area contributed by atoms with E-state index >= 15 is 19.2 Å². The number of hydrogen-bond acceptors (Lipinski definition) is 4. The lowest BCUT2D eigenvalue weighted by molar-refractivity contribution is 0.0877. The molecule has 0 fully saturated rings. The highest BCUT2D eigenvalue weighted by atomic mass is 28.3. The van der Waals surface area contributed by atoms with Gasteiger partial charge in [-0.05, 0) is 140 Å². The maximum absolute atomic E-state index is 15.2. The van der Waals surface area contributed by atoms with Crippen molar-refractivity contribution in [3.8, 4) is 46.6 Å². The third-order valence-electron chi connectivity index (χ3n) is 18.2. The molecular formula is C74H84N2O4Si2. The van der Waals surface area contributed by atoms with Crippen molar-refractivity contribution in [1.29, 1.82) is 0 Å². The van der Waals surface area contributed by atoms with Crippen molar-refractivity contribution >= 4 is 72.7 Å². The fourth-order valence-electron chi connectivity index (χ4n) is 14.1. The van der Waals surface area contributed by atoms with Gasteiger partial charge in [0.2, 0.25) is 0 Å². The van der Waals surface area contributed by atoms with Crippen LogP contribution in [0.5, 0.6) is 0 Å². The number of carbonyl (C=O) groups excluding carboxylic acids is 4. The summed E-state index contributed by atoms with van der Waals surface area (Å²) in [6, 6.07) is 27.0. The molecule has 2 heterocycles. The van der Waals surface area contributed by atoms with E-state index in [2.05, 4.69) is 185 Å². The predicted molar refractivity (Wildman–Crippen MR) is 349 cm³/mol. The Morgan fingerprint density at radius 2 is 0.537 bits per heavy atom. The minimum atomic E-state index is -2.25. The number of rotatable bonds is 12. The van der Waals surface area contributed by atoms with Crippen LogP contribution in [0, 0.1) is 46.6 Å². The summed E-state index contributed by atoms with van der Waals surface area (Å²) in [5.74, 6) is 19.2. The van der Waals surface area contributed by atoms with Crippen LogP contribution in [-0.4, -0.2) is 39.8 Å². The summed E-state index contributed by atoms with van der Waals surface area (Å²) in [5.41, 5.74) is 19.5. The Morgan fingerprint density at radius 1 is 0.305 bits per heavy atom. The maximum atomic E-state index is 15.2. The van der Waals surface area contributed by atoms with Gasteiger partial charge in [-0.25, -0.2) is 9.80 Å². The highest BCUT2D eigenvalue weighted by molar-refractivity contribution is 6.91. The van der Waals surface area contributed by atoms with E-state index in [1.807, 2.05) is 72.8 Å². The minimum absolute atomic E-state index is 0.0561. The molecule has 8 rings (SSSR count). The van der Waals surface area contributed by atoms with Crippen molar-refractivity contribution in [3.63, 3.8) is 0 Å². The van der Waals surface area contributed by atoms with Gasteiger partial charge in [-0.2, -0.15) is 0 Å². The summed E-state index contributed by atoms with van der Waals surface area (Å²) in [7, 11) is -4.50. The van der Waals surface area contributed by atoms with Crippen molar-refractivity contribution in [3.05, 3.63) is 152 Å². The molecule has 0 radical (unpaired) electrons. The summed E-state index contributed by atoms with van der Waals surface area (Å²) in [4.78, 5) is 63.5. The quantitative estimate of drug-likeness (QED) is 0.0695. The second kappa shape index (κ2) is 23.6. The number of para-hydroxylation sites is 2. The summed E-state index contributed by atoms with van der Waals surface area (Å²) >= 11 is 0. The first-order valence-electron chi connectivity index (χ1n) is 30.0. The van der Waals surface area contributed by atoms with E-state index in [9.17, 15) is 0 Å². The summed E-state index contributed by atoms with van der Waals surface area (Å²) < 4.78 is 0. The zero-order valence-electron chi connectivity index (χ0n) is 52.4. The average Bonchev–Trinajstić information content (AvgIpc) is 1.21. The molecule has 8 heteroatoms. The van der Waals surface area contributed by atoms with Crippen LogP contribution in [-0.2, 0) is 0 Å². The van der Waals surface area contributed by atoms with Crippen molar-refractivity contribution < 1.29 is 19.2 Å². The normalized spacial score (nSPS) is 13.6. The van der Waals surface area contributed by atoms with E-state index in [-0.39, 0.29) is 47.3 Å². The Hall–Kier alpha value is -7.21. The molecule has 0 unspecified atom stereocenters. The largest absolute Gasteiger partial charge is 0.268 e. The molecule has 0 aliphatic carbocycles. The number of hydrogen-bond donors (Lipinski definition) is 0. The van der Waals surface area contributed by atoms with E-state index in [1.165, 1.54) is 9.80 Å². The summed E-state index contributed by atoms with van der Waals surface area (Å²) in [6.45, 7) is 44.2. The van der Waals surface area contributed by atoms with E-state index < -0.39 is 16.1 Å². The van der Waals surface area contributed by atoms with Gasteiger partial charge in [-0.1, -0.05) is 199 Å². The molecule has 2 aliphatic heterocycles. The van der Waals surface area contributed by atoms with Crippen LogP contribution in [0.4, 0.5) is 11.4 Å². The van der Waals surface area contributed by atoms with Crippen molar-refractivity contribution in [2.75, 3.05) is 9.80 Å². The topological polar surface area (TPSA) is 74.8 Å². The van der Waals surface area contributed by atoms with Gasteiger partial charge in [-0.15, -0.1) is 11.1 Å². The highest BCUT2D eigenvalue weighted by Gasteiger charge is 2.44. The fraction of sp³-hybridized carbons (Fsp3) is 0.405. The molecule has 4 amide bonds. The highest BCUT2D eigenvalue weighted by Crippen LogP contribution is 2.46. The second-order valence-electron chi connectivity index (χ2n) is 26.0. The molecule has 0 atom stereocenters. The maximum Gasteiger partial charge on any atom is 0.266 e. The van der Waals surface area contributed by atoms with E-state index in [1.54, 1.807) is 12.1 Å². The first-order valence-corrected chi connectivity index (χ1v) is 34.4. The van der Waals surface area contributed by atoms with Gasteiger partial charge in [0, 0.05) is 66.1 Å². The van der Waals surface area contributed by atoms with Crippen LogP contribution in [0.15, 0.2) is 84.9 Å². The number of benzene rings is 6. The standard InChI is InChI=1S/C74H84N2O4Si2/c1-43(2)57-27-23-28-58(44(3)4)69(57)75-71(77)61-35-31-53(65-55(33-37-63(67(61)65)73(75)79)39-41-81(47(9)10,48(11)12)49(13)14)25-21-22-26-54-32-36-62-68-64(38-34-56(66(54)68)40-42-82(50(15)16,51(17)18)52(19)20)74(80)76(72(62)78)70-59(45(5)6)29-24-30-60(70)46(7)8/h23-24,27-38,43-52H,1-20H3. The van der Waals surface area contributed by atoms with Crippen molar-refractivity contribution in [2.45, 2.75) is 195 Å². The number of nitrogens with zero attached hydrogens (tertiary/aromatic N) is 2. The zero-order valence-corrected chi connectivity index (χ0v) is 54.4. The van der Waals surface area contributed by atoms with Gasteiger partial charge in [0.15, 0.2) is 0 Å². The van der Waals surface area contributed by atoms with Crippen LogP contribution < -0.4 is 9.80 Å². The average molecular weight is 1120 g/mol. The van der Waals surface area contributed by atoms with Crippen LogP contribution in [0.2, 0.25) is 33.2 Å². The first-order chi connectivity index (χ1) is 38.7. The lowest BCUT2D eigenvalue weighted by Gasteiger charge is -2.38. The van der Waals surface area contributed by atoms with Gasteiger partial charge in [-0.3, -0.25) is 19.2 Å². The van der Waals surface area contributed by atoms with Crippen LogP contribution >= 0.6 is 0 Å². The van der Waals surface area contributed by atoms with Crippen molar-refractivity contribution in [2.24, 2.45) is 0 Å². The molecule has 0 aromatic heterocycles. The fourth-order valence-corrected chi connectivity index (χ4v) is 24.6. The monoisotopic (exact) mass is 1120 g/mol. The molecule has 0 saturated carbocycles. The summed E-state index contributed by atoms with van der Waals surface area (Å²) in [5, 5.41) is 2.42. The molecule has 0 saturated heterocycles. The third kappa shape index (κ3) is 10.2. The predicted octanol–water partition coefficient (Wildman–Crippen LogP) is 18.6.